The van der Waals surface area contributed by atoms with Crippen LogP contribution in [0, 0.1) is 0 Å². The largest absolute Gasteiger partial charge is 0.371 e. The molecule has 0 radical (unpaired) electrons. The second-order valence-corrected chi connectivity index (χ2v) is 10.4. The number of anilines is 2. The van der Waals surface area contributed by atoms with Gasteiger partial charge in [0.2, 0.25) is 16.0 Å². The van der Waals surface area contributed by atoms with Crippen molar-refractivity contribution in [3.8, 4) is 0 Å². The van der Waals surface area contributed by atoms with Crippen LogP contribution in [0.3, 0.4) is 0 Å². The van der Waals surface area contributed by atoms with Crippen molar-refractivity contribution in [3.05, 3.63) is 24.4 Å². The molecule has 1 aliphatic carbocycles. The molecule has 2 aromatic rings. The fraction of sp³-hybridized carbons (Fsp3) is 0.600. The van der Waals surface area contributed by atoms with Crippen molar-refractivity contribution in [2.24, 2.45) is 0 Å². The number of hydrogen-bond acceptors (Lipinski definition) is 7. The summed E-state index contributed by atoms with van der Waals surface area (Å²) in [5.74, 6) is 0.608. The number of para-hydroxylation sites is 1. The lowest BCUT2D eigenvalue weighted by Crippen LogP contribution is -2.44. The van der Waals surface area contributed by atoms with Crippen molar-refractivity contribution in [3.63, 3.8) is 0 Å². The van der Waals surface area contributed by atoms with Gasteiger partial charge in [0.1, 0.15) is 0 Å². The van der Waals surface area contributed by atoms with E-state index in [9.17, 15) is 8.42 Å². The van der Waals surface area contributed by atoms with Gasteiger partial charge in [-0.25, -0.2) is 22.7 Å². The molecule has 2 aliphatic heterocycles. The fourth-order valence-electron chi connectivity index (χ4n) is 4.37. The molecule has 3 fully saturated rings. The van der Waals surface area contributed by atoms with Crippen LogP contribution >= 0.6 is 0 Å². The average molecular weight is 418 g/mol. The van der Waals surface area contributed by atoms with Gasteiger partial charge in [0.05, 0.1) is 29.7 Å². The Labute approximate surface area is 171 Å². The number of nitrogens with zero attached hydrogens (tertiary/aromatic N) is 4. The van der Waals surface area contributed by atoms with Gasteiger partial charge in [0.25, 0.3) is 0 Å². The maximum Gasteiger partial charge on any atom is 0.223 e. The zero-order chi connectivity index (χ0) is 20.1. The van der Waals surface area contributed by atoms with E-state index in [0.717, 1.165) is 62.0 Å². The van der Waals surface area contributed by atoms with Crippen LogP contribution in [0.2, 0.25) is 0 Å². The number of morpholine rings is 1. The van der Waals surface area contributed by atoms with Crippen molar-refractivity contribution in [2.45, 2.75) is 37.3 Å². The van der Waals surface area contributed by atoms with Gasteiger partial charge in [-0.3, -0.25) is 0 Å². The van der Waals surface area contributed by atoms with Crippen molar-refractivity contribution in [1.29, 1.82) is 0 Å². The molecule has 9 heteroatoms. The molecule has 0 bridgehead atoms. The van der Waals surface area contributed by atoms with Gasteiger partial charge in [-0.15, -0.1) is 0 Å². The minimum absolute atomic E-state index is 0.0576. The third-order valence-corrected chi connectivity index (χ3v) is 7.55. The number of ether oxygens (including phenoxy) is 1. The number of sulfonamides is 1. The molecule has 3 heterocycles. The molecule has 29 heavy (non-hydrogen) atoms. The first-order valence-corrected chi connectivity index (χ1v) is 12.1. The summed E-state index contributed by atoms with van der Waals surface area (Å²) in [6, 6.07) is 6.41. The first-order chi connectivity index (χ1) is 13.9. The Morgan fingerprint density at radius 1 is 1.21 bits per heavy atom. The van der Waals surface area contributed by atoms with Crippen molar-refractivity contribution in [1.82, 2.24) is 14.3 Å². The lowest BCUT2D eigenvalue weighted by molar-refractivity contribution is 0.0207. The van der Waals surface area contributed by atoms with E-state index in [2.05, 4.69) is 27.3 Å². The monoisotopic (exact) mass is 417 g/mol. The number of nitrogens with one attached hydrogen (secondary N) is 1. The average Bonchev–Trinajstić information content (AvgIpc) is 3.45. The highest BCUT2D eigenvalue weighted by Crippen LogP contribution is 2.43. The Balaban J connectivity index is 1.35. The first kappa shape index (κ1) is 19.0. The molecular formula is C20H27N5O3S. The van der Waals surface area contributed by atoms with E-state index in [1.165, 1.54) is 10.6 Å². The smallest absolute Gasteiger partial charge is 0.223 e. The molecule has 8 nitrogen and oxygen atoms in total. The van der Waals surface area contributed by atoms with Gasteiger partial charge in [-0.05, 0) is 31.7 Å². The maximum absolute atomic E-state index is 11.7. The van der Waals surface area contributed by atoms with Gasteiger partial charge in [-0.2, -0.15) is 0 Å². The highest BCUT2D eigenvalue weighted by Gasteiger charge is 2.47. The second-order valence-electron chi connectivity index (χ2n) is 8.44. The number of piperidine rings is 1. The van der Waals surface area contributed by atoms with Gasteiger partial charge >= 0.3 is 0 Å². The first-order valence-electron chi connectivity index (χ1n) is 10.3. The predicted octanol–water partition coefficient (Wildman–Crippen LogP) is 1.83. The Kier molecular flexibility index (Phi) is 4.64. The third-order valence-electron chi connectivity index (χ3n) is 6.24. The summed E-state index contributed by atoms with van der Waals surface area (Å²) < 4.78 is 30.9. The topological polar surface area (TPSA) is 87.7 Å². The van der Waals surface area contributed by atoms with Crippen molar-refractivity contribution < 1.29 is 13.2 Å². The van der Waals surface area contributed by atoms with Crippen LogP contribution in [0.4, 0.5) is 11.6 Å². The normalized spacial score (nSPS) is 22.9. The van der Waals surface area contributed by atoms with E-state index in [1.54, 1.807) is 0 Å². The molecule has 3 aliphatic rings. The van der Waals surface area contributed by atoms with Crippen LogP contribution in [0.25, 0.3) is 10.9 Å². The molecule has 1 saturated carbocycles. The van der Waals surface area contributed by atoms with Crippen LogP contribution in [-0.4, -0.2) is 73.4 Å². The lowest BCUT2D eigenvalue weighted by Gasteiger charge is -2.35. The number of aromatic nitrogens is 2. The van der Waals surface area contributed by atoms with Gasteiger partial charge in [-0.1, -0.05) is 12.1 Å². The predicted molar refractivity (Wildman–Crippen MR) is 113 cm³/mol. The molecule has 2 saturated heterocycles. The molecule has 5 rings (SSSR count). The molecule has 0 amide bonds. The summed E-state index contributed by atoms with van der Waals surface area (Å²) in [7, 11) is -3.11. The molecule has 1 N–H and O–H groups in total. The summed E-state index contributed by atoms with van der Waals surface area (Å²) in [5.41, 5.74) is 2.15. The standard InChI is InChI=1S/C20H27N5O3S/c1-29(26,27)25-9-5-16(6-10-25)22-19-21-13-15-3-2-4-17(18(15)23-19)24-11-12-28-20(14-24)7-8-20/h2-4,13,16H,5-12,14H2,1H3,(H,21,22,23). The quantitative estimate of drug-likeness (QED) is 0.812. The maximum atomic E-state index is 11.7. The van der Waals surface area contributed by atoms with Crippen LogP contribution in [0.5, 0.6) is 0 Å². The Bertz CT molecular complexity index is 1020. The Morgan fingerprint density at radius 3 is 2.72 bits per heavy atom. The Morgan fingerprint density at radius 2 is 2.00 bits per heavy atom. The minimum Gasteiger partial charge on any atom is -0.371 e. The summed E-state index contributed by atoms with van der Waals surface area (Å²) in [6.45, 7) is 3.61. The second kappa shape index (κ2) is 7.07. The van der Waals surface area contributed by atoms with Gasteiger partial charge in [0, 0.05) is 43.8 Å². The molecular weight excluding hydrogens is 390 g/mol. The van der Waals surface area contributed by atoms with Crippen molar-refractivity contribution in [2.75, 3.05) is 49.3 Å². The van der Waals surface area contributed by atoms with Gasteiger partial charge < -0.3 is 15.0 Å². The van der Waals surface area contributed by atoms with Crippen molar-refractivity contribution >= 4 is 32.6 Å². The van der Waals surface area contributed by atoms with E-state index < -0.39 is 10.0 Å². The molecule has 0 atom stereocenters. The number of rotatable bonds is 4. The number of hydrogen-bond donors (Lipinski definition) is 1. The zero-order valence-corrected chi connectivity index (χ0v) is 17.5. The molecule has 1 aromatic carbocycles. The van der Waals surface area contributed by atoms with Gasteiger partial charge in [0.15, 0.2) is 0 Å². The highest BCUT2D eigenvalue weighted by molar-refractivity contribution is 7.88. The van der Waals surface area contributed by atoms with E-state index >= 15 is 0 Å². The zero-order valence-electron chi connectivity index (χ0n) is 16.7. The van der Waals surface area contributed by atoms with E-state index in [1.807, 2.05) is 12.3 Å². The van der Waals surface area contributed by atoms with Crippen LogP contribution < -0.4 is 10.2 Å². The van der Waals surface area contributed by atoms with E-state index in [-0.39, 0.29) is 11.6 Å². The van der Waals surface area contributed by atoms with Crippen LogP contribution in [0.1, 0.15) is 25.7 Å². The van der Waals surface area contributed by atoms with E-state index in [0.29, 0.717) is 19.0 Å². The molecule has 156 valence electrons. The minimum atomic E-state index is -3.11. The van der Waals surface area contributed by atoms with Crippen LogP contribution in [0.15, 0.2) is 24.4 Å². The molecule has 1 spiro atoms. The third kappa shape index (κ3) is 3.91. The van der Waals surface area contributed by atoms with Crippen LogP contribution in [-0.2, 0) is 14.8 Å². The van der Waals surface area contributed by atoms with E-state index in [4.69, 9.17) is 9.72 Å². The summed E-state index contributed by atoms with van der Waals surface area (Å²) in [5, 5.41) is 4.44. The summed E-state index contributed by atoms with van der Waals surface area (Å²) in [4.78, 5) is 11.7. The fourth-order valence-corrected chi connectivity index (χ4v) is 5.25. The number of benzene rings is 1. The number of fused-ring (bicyclic) bond motifs is 1. The molecule has 0 unspecified atom stereocenters. The summed E-state index contributed by atoms with van der Waals surface area (Å²) >= 11 is 0. The lowest BCUT2D eigenvalue weighted by atomic mass is 10.1. The Hall–Kier alpha value is -1.97. The highest BCUT2D eigenvalue weighted by atomic mass is 32.2. The molecule has 1 aromatic heterocycles. The SMILES string of the molecule is CS(=O)(=O)N1CCC(Nc2ncc3cccc(N4CCOC5(CC5)C4)c3n2)CC1. The summed E-state index contributed by atoms with van der Waals surface area (Å²) in [6.07, 6.45) is 6.92.